The molecule has 116 valence electrons. The molecule has 0 aliphatic carbocycles. The van der Waals surface area contributed by atoms with Crippen molar-refractivity contribution in [3.8, 4) is 0 Å². The van der Waals surface area contributed by atoms with E-state index in [0.29, 0.717) is 17.2 Å². The van der Waals surface area contributed by atoms with Gasteiger partial charge < -0.3 is 5.73 Å². The topological polar surface area (TPSA) is 26.0 Å². The molecule has 1 nitrogen and oxygen atoms in total. The van der Waals surface area contributed by atoms with E-state index in [1.807, 2.05) is 31.2 Å². The lowest BCUT2D eigenvalue weighted by Gasteiger charge is -2.12. The minimum absolute atomic E-state index is 0.155. The third kappa shape index (κ3) is 6.96. The first kappa shape index (κ1) is 18.7. The summed E-state index contributed by atoms with van der Waals surface area (Å²) in [5.74, 6) is 0.305. The minimum Gasteiger partial charge on any atom is -0.319 e. The third-order valence-electron chi connectivity index (χ3n) is 2.72. The highest BCUT2D eigenvalue weighted by Crippen LogP contribution is 2.33. The third-order valence-corrected chi connectivity index (χ3v) is 5.01. The normalized spacial score (nSPS) is 13.7. The predicted molar refractivity (Wildman–Crippen MR) is 97.5 cm³/mol. The molecule has 1 unspecified atom stereocenters. The Labute approximate surface area is 140 Å². The van der Waals surface area contributed by atoms with Gasteiger partial charge in [-0.15, -0.1) is 23.4 Å². The van der Waals surface area contributed by atoms with Crippen LogP contribution >= 0.6 is 34.2 Å². The Morgan fingerprint density at radius 2 is 2.00 bits per heavy atom. The summed E-state index contributed by atoms with van der Waals surface area (Å²) >= 11 is 5.48. The quantitative estimate of drug-likeness (QED) is 0.221. The van der Waals surface area contributed by atoms with Gasteiger partial charge in [0.2, 0.25) is 0 Å². The van der Waals surface area contributed by atoms with Crippen LogP contribution in [0, 0.1) is 18.7 Å². The Balaban J connectivity index is 2.59. The zero-order chi connectivity index (χ0) is 15.8. The van der Waals surface area contributed by atoms with Crippen molar-refractivity contribution in [2.24, 2.45) is 11.7 Å². The Kier molecular flexibility index (Phi) is 8.56. The van der Waals surface area contributed by atoms with E-state index in [4.69, 9.17) is 5.73 Å². The fourth-order valence-electron chi connectivity index (χ4n) is 1.61. The van der Waals surface area contributed by atoms with E-state index in [2.05, 4.69) is 31.6 Å². The van der Waals surface area contributed by atoms with Gasteiger partial charge in [0.1, 0.15) is 5.82 Å². The molecule has 0 radical (unpaired) electrons. The lowest BCUT2D eigenvalue weighted by molar-refractivity contribution is 0.596. The average Bonchev–Trinajstić information content (AvgIpc) is 2.41. The molecule has 0 saturated heterocycles. The molecule has 0 aromatic heterocycles. The second kappa shape index (κ2) is 9.62. The van der Waals surface area contributed by atoms with Crippen LogP contribution in [0.25, 0.3) is 0 Å². The Morgan fingerprint density at radius 3 is 2.62 bits per heavy atom. The average molecular weight is 344 g/mol. The van der Waals surface area contributed by atoms with E-state index in [9.17, 15) is 4.39 Å². The molecule has 1 aromatic rings. The first-order valence-corrected chi connectivity index (χ1v) is 9.56. The second-order valence-corrected chi connectivity index (χ2v) is 7.54. The molecule has 1 aromatic carbocycles. The Hall–Kier alpha value is -0.360. The Bertz CT molecular complexity index is 512. The SMILES string of the molecule is Cc1cc(SC(N)C/C=C\C=C/C(C)C)c(F)cc1SS. The van der Waals surface area contributed by atoms with E-state index < -0.39 is 0 Å². The van der Waals surface area contributed by atoms with Crippen LogP contribution in [0.4, 0.5) is 4.39 Å². The molecule has 0 aliphatic rings. The maximum absolute atomic E-state index is 14.0. The lowest BCUT2D eigenvalue weighted by atomic mass is 10.2. The molecule has 0 aliphatic heterocycles. The molecule has 21 heavy (non-hydrogen) atoms. The number of aryl methyl sites for hydroxylation is 1. The summed E-state index contributed by atoms with van der Waals surface area (Å²) in [6, 6.07) is 3.35. The van der Waals surface area contributed by atoms with E-state index in [-0.39, 0.29) is 11.2 Å². The fraction of sp³-hybridized carbons (Fsp3) is 0.375. The number of halogens is 1. The zero-order valence-corrected chi connectivity index (χ0v) is 15.1. The van der Waals surface area contributed by atoms with E-state index in [0.717, 1.165) is 10.5 Å². The fourth-order valence-corrected chi connectivity index (χ4v) is 3.51. The van der Waals surface area contributed by atoms with Crippen LogP contribution in [-0.2, 0) is 0 Å². The number of rotatable bonds is 7. The molecule has 0 amide bonds. The van der Waals surface area contributed by atoms with Crippen LogP contribution in [0.1, 0.15) is 25.8 Å². The van der Waals surface area contributed by atoms with Crippen LogP contribution in [0.15, 0.2) is 46.2 Å². The van der Waals surface area contributed by atoms with E-state index in [1.54, 1.807) is 0 Å². The molecule has 2 N–H and O–H groups in total. The summed E-state index contributed by atoms with van der Waals surface area (Å²) in [5.41, 5.74) is 7.05. The molecule has 0 heterocycles. The highest BCUT2D eigenvalue weighted by atomic mass is 33.1. The monoisotopic (exact) mass is 343 g/mol. The maximum atomic E-state index is 14.0. The largest absolute Gasteiger partial charge is 0.319 e. The van der Waals surface area contributed by atoms with Crippen LogP contribution in [0.5, 0.6) is 0 Å². The number of thiol groups is 1. The highest BCUT2D eigenvalue weighted by molar-refractivity contribution is 8.68. The maximum Gasteiger partial charge on any atom is 0.137 e. The summed E-state index contributed by atoms with van der Waals surface area (Å²) in [7, 11) is 1.25. The molecule has 1 rings (SSSR count). The van der Waals surface area contributed by atoms with E-state index in [1.165, 1.54) is 28.6 Å². The van der Waals surface area contributed by atoms with Gasteiger partial charge in [-0.1, -0.05) is 48.9 Å². The summed E-state index contributed by atoms with van der Waals surface area (Å²) < 4.78 is 14.0. The minimum atomic E-state index is -0.235. The van der Waals surface area contributed by atoms with Crippen LogP contribution in [-0.4, -0.2) is 5.37 Å². The van der Waals surface area contributed by atoms with Gasteiger partial charge in [-0.3, -0.25) is 0 Å². The second-order valence-electron chi connectivity index (χ2n) is 5.09. The smallest absolute Gasteiger partial charge is 0.137 e. The number of hydrogen-bond acceptors (Lipinski definition) is 4. The van der Waals surface area contributed by atoms with Crippen LogP contribution in [0.3, 0.4) is 0 Å². The van der Waals surface area contributed by atoms with Crippen molar-refractivity contribution in [1.82, 2.24) is 0 Å². The van der Waals surface area contributed by atoms with Gasteiger partial charge in [0.05, 0.1) is 5.37 Å². The van der Waals surface area contributed by atoms with Gasteiger partial charge in [-0.2, -0.15) is 0 Å². The number of benzene rings is 1. The van der Waals surface area contributed by atoms with Gasteiger partial charge in [-0.05, 0) is 37.0 Å². The Morgan fingerprint density at radius 1 is 1.29 bits per heavy atom. The molecular weight excluding hydrogens is 321 g/mol. The van der Waals surface area contributed by atoms with Crippen molar-refractivity contribution in [3.05, 3.63) is 47.8 Å². The van der Waals surface area contributed by atoms with Crippen molar-refractivity contribution in [2.75, 3.05) is 0 Å². The summed E-state index contributed by atoms with van der Waals surface area (Å²) in [4.78, 5) is 1.43. The zero-order valence-electron chi connectivity index (χ0n) is 12.5. The predicted octanol–water partition coefficient (Wildman–Crippen LogP) is 5.61. The van der Waals surface area contributed by atoms with Crippen molar-refractivity contribution >= 4 is 34.2 Å². The standard InChI is InChI=1S/C16H22FNS3/c1-11(2)7-5-4-6-8-16(18)20-15-9-12(3)14(21-19)10-13(15)17/h4-7,9-11,16,19H,8,18H2,1-3H3/b6-4-,7-5-. The number of allylic oxidation sites excluding steroid dienone is 3. The van der Waals surface area contributed by atoms with Gasteiger partial charge in [-0.25, -0.2) is 4.39 Å². The molecule has 0 bridgehead atoms. The molecule has 5 heteroatoms. The summed E-state index contributed by atoms with van der Waals surface area (Å²) in [6.45, 7) is 6.21. The highest BCUT2D eigenvalue weighted by Gasteiger charge is 2.11. The lowest BCUT2D eigenvalue weighted by Crippen LogP contribution is -2.14. The summed E-state index contributed by atoms with van der Waals surface area (Å²) in [6.07, 6.45) is 8.84. The van der Waals surface area contributed by atoms with E-state index >= 15 is 0 Å². The van der Waals surface area contributed by atoms with Gasteiger partial charge in [0.15, 0.2) is 0 Å². The number of nitrogens with two attached hydrogens (primary N) is 1. The molecule has 0 saturated carbocycles. The number of thioether (sulfide) groups is 1. The molecule has 0 spiro atoms. The van der Waals surface area contributed by atoms with Crippen molar-refractivity contribution in [3.63, 3.8) is 0 Å². The molecular formula is C16H22FNS3. The summed E-state index contributed by atoms with van der Waals surface area (Å²) in [5, 5.41) is -0.155. The van der Waals surface area contributed by atoms with Gasteiger partial charge in [0.25, 0.3) is 0 Å². The van der Waals surface area contributed by atoms with Crippen molar-refractivity contribution < 1.29 is 4.39 Å². The molecule has 0 fully saturated rings. The van der Waals surface area contributed by atoms with Gasteiger partial charge in [0, 0.05) is 9.79 Å². The molecule has 1 atom stereocenters. The first-order chi connectivity index (χ1) is 9.93. The van der Waals surface area contributed by atoms with Crippen molar-refractivity contribution in [2.45, 2.75) is 42.4 Å². The number of hydrogen-bond donors (Lipinski definition) is 2. The van der Waals surface area contributed by atoms with Gasteiger partial charge >= 0.3 is 0 Å². The van der Waals surface area contributed by atoms with Crippen molar-refractivity contribution in [1.29, 1.82) is 0 Å². The van der Waals surface area contributed by atoms with Crippen LogP contribution in [0.2, 0.25) is 0 Å². The van der Waals surface area contributed by atoms with Crippen LogP contribution < -0.4 is 5.73 Å². The first-order valence-electron chi connectivity index (χ1n) is 6.81.